The van der Waals surface area contributed by atoms with E-state index in [1.54, 1.807) is 24.3 Å². The number of aromatic carboxylic acids is 1. The number of anilines is 2. The maximum atomic E-state index is 12.7. The van der Waals surface area contributed by atoms with E-state index in [0.717, 1.165) is 28.0 Å². The summed E-state index contributed by atoms with van der Waals surface area (Å²) in [5, 5.41) is 47.6. The van der Waals surface area contributed by atoms with E-state index in [-0.39, 0.29) is 28.5 Å². The third kappa shape index (κ3) is 10.6. The van der Waals surface area contributed by atoms with E-state index in [0.29, 0.717) is 17.6 Å². The molecule has 0 unspecified atom stereocenters. The fourth-order valence-electron chi connectivity index (χ4n) is 3.54. The summed E-state index contributed by atoms with van der Waals surface area (Å²) in [6.45, 7) is 4.71. The second kappa shape index (κ2) is 16.3. The fraction of sp³-hybridized carbons (Fsp3) is 0.148. The van der Waals surface area contributed by atoms with Crippen molar-refractivity contribution in [1.82, 2.24) is 4.90 Å². The number of sulfone groups is 1. The molecule has 0 heterocycles. The molecule has 256 valence electrons. The lowest BCUT2D eigenvalue weighted by atomic mass is 10.1. The molecule has 0 aliphatic heterocycles. The molecule has 21 heteroatoms. The summed E-state index contributed by atoms with van der Waals surface area (Å²) < 4.78 is 61.6. The van der Waals surface area contributed by atoms with Crippen LogP contribution >= 0.6 is 12.0 Å². The Morgan fingerprint density at radius 1 is 1.06 bits per heavy atom. The molecular weight excluding hydrogens is 697 g/mol. The van der Waals surface area contributed by atoms with Crippen molar-refractivity contribution in [2.24, 2.45) is 15.3 Å². The van der Waals surface area contributed by atoms with Crippen LogP contribution in [0.2, 0.25) is 0 Å². The Morgan fingerprint density at radius 3 is 2.33 bits per heavy atom. The minimum absolute atomic E-state index is 0.167. The van der Waals surface area contributed by atoms with Crippen LogP contribution in [0.1, 0.15) is 21.5 Å². The molecule has 3 aromatic rings. The molecule has 48 heavy (non-hydrogen) atoms. The maximum Gasteiger partial charge on any atom is 0.337 e. The van der Waals surface area contributed by atoms with E-state index in [1.165, 1.54) is 25.2 Å². The van der Waals surface area contributed by atoms with Crippen LogP contribution in [0.5, 0.6) is 5.75 Å². The number of phenolic OH excluding ortho intramolecular Hbond substituents is 1. The average Bonchev–Trinajstić information content (AvgIpc) is 3.04. The fourth-order valence-corrected chi connectivity index (χ4v) is 5.16. The first kappa shape index (κ1) is 37.6. The topological polar surface area (TPSA) is 266 Å². The Hall–Kier alpha value is -4.90. The summed E-state index contributed by atoms with van der Waals surface area (Å²) in [5.74, 6) is -2.75. The molecule has 0 aliphatic rings. The van der Waals surface area contributed by atoms with Gasteiger partial charge in [0.15, 0.2) is 15.6 Å². The number of carboxylic acids is 1. The van der Waals surface area contributed by atoms with Gasteiger partial charge in [-0.15, -0.1) is 14.6 Å². The summed E-state index contributed by atoms with van der Waals surface area (Å²) in [7, 11) is -7.31. The first-order valence-electron chi connectivity index (χ1n) is 13.1. The number of amides is 2. The van der Waals surface area contributed by atoms with Crippen molar-refractivity contribution in [1.29, 1.82) is 0 Å². The van der Waals surface area contributed by atoms with Crippen molar-refractivity contribution in [3.05, 3.63) is 83.3 Å². The van der Waals surface area contributed by atoms with Crippen LogP contribution < -0.4 is 10.7 Å². The molecule has 0 fully saturated rings. The van der Waals surface area contributed by atoms with Gasteiger partial charge in [0.2, 0.25) is 5.84 Å². The van der Waals surface area contributed by atoms with Crippen LogP contribution in [-0.2, 0) is 29.3 Å². The van der Waals surface area contributed by atoms with E-state index >= 15 is 0 Å². The minimum Gasteiger partial charge on any atom is -0.504 e. The zero-order valence-corrected chi connectivity index (χ0v) is 27.4. The van der Waals surface area contributed by atoms with E-state index in [1.807, 2.05) is 6.92 Å². The quantitative estimate of drug-likeness (QED) is 0.0193. The Kier molecular flexibility index (Phi) is 12.7. The number of nitrogens with one attached hydrogen (secondary N) is 2. The normalized spacial score (nSPS) is 12.1. The number of urea groups is 1. The highest BCUT2D eigenvalue weighted by molar-refractivity contribution is 7.94. The Labute approximate surface area is 278 Å². The van der Waals surface area contributed by atoms with Crippen molar-refractivity contribution in [3.63, 3.8) is 0 Å². The van der Waals surface area contributed by atoms with E-state index in [2.05, 4.69) is 42.0 Å². The number of hydrogen-bond donors (Lipinski definition) is 6. The number of amidine groups is 1. The molecule has 18 nitrogen and oxygen atoms in total. The number of nitrogens with zero attached hydrogens (tertiary/aromatic N) is 4. The third-order valence-corrected chi connectivity index (χ3v) is 8.81. The van der Waals surface area contributed by atoms with Crippen molar-refractivity contribution in [2.45, 2.75) is 16.7 Å². The van der Waals surface area contributed by atoms with Gasteiger partial charge in [0.1, 0.15) is 11.4 Å². The molecule has 0 bridgehead atoms. The molecule has 0 aliphatic carbocycles. The van der Waals surface area contributed by atoms with E-state index in [4.69, 9.17) is 5.26 Å². The second-order valence-corrected chi connectivity index (χ2v) is 13.8. The number of carbonyl (C=O) groups is 2. The lowest BCUT2D eigenvalue weighted by Gasteiger charge is -2.19. The van der Waals surface area contributed by atoms with Crippen LogP contribution in [0, 0.1) is 6.92 Å². The zero-order chi connectivity index (χ0) is 35.6. The minimum atomic E-state index is -4.91. The van der Waals surface area contributed by atoms with Gasteiger partial charge in [-0.1, -0.05) is 41.4 Å². The van der Waals surface area contributed by atoms with Gasteiger partial charge in [-0.3, -0.25) is 9.98 Å². The molecular formula is C27H28N6O12S3. The number of azo groups is 1. The van der Waals surface area contributed by atoms with Crippen LogP contribution in [0.15, 0.2) is 91.7 Å². The van der Waals surface area contributed by atoms with Gasteiger partial charge < -0.3 is 20.4 Å². The maximum absolute atomic E-state index is 12.7. The Morgan fingerprint density at radius 2 is 1.73 bits per heavy atom. The number of carboxylic acid groups (broad SMARTS) is 1. The number of rotatable bonds is 14. The summed E-state index contributed by atoms with van der Waals surface area (Å²) in [5.41, 5.74) is 2.22. The molecule has 3 rings (SSSR count). The largest absolute Gasteiger partial charge is 0.504 e. The van der Waals surface area contributed by atoms with Crippen LogP contribution in [0.25, 0.3) is 0 Å². The van der Waals surface area contributed by atoms with Crippen molar-refractivity contribution >= 4 is 66.9 Å². The lowest BCUT2D eigenvalue weighted by molar-refractivity contribution is -0.432. The third-order valence-electron chi connectivity index (χ3n) is 6.14. The number of benzene rings is 3. The number of carbonyl (C=O) groups excluding carboxylic acids is 1. The van der Waals surface area contributed by atoms with Gasteiger partial charge in [0.25, 0.3) is 10.1 Å². The molecule has 0 saturated heterocycles. The SMILES string of the molecule is C=CS(=O)(=O)CCN(C)C(=O)Nc1cc(S(=O)(=O)O)cc(NN=C(N=Nc2cc(SOOO)ccc2C(=O)O)c2ccc(C)cc2)c1O. The van der Waals surface area contributed by atoms with Gasteiger partial charge in [-0.2, -0.15) is 13.5 Å². The summed E-state index contributed by atoms with van der Waals surface area (Å²) in [6.07, 6.45) is 0. The molecule has 0 saturated carbocycles. The summed E-state index contributed by atoms with van der Waals surface area (Å²) in [4.78, 5) is 25.0. The number of hydrazone groups is 1. The van der Waals surface area contributed by atoms with Gasteiger partial charge in [0, 0.05) is 29.5 Å². The van der Waals surface area contributed by atoms with Crippen molar-refractivity contribution < 1.29 is 55.8 Å². The van der Waals surface area contributed by atoms with Crippen molar-refractivity contribution in [3.8, 4) is 5.75 Å². The molecule has 6 N–H and O–H groups in total. The van der Waals surface area contributed by atoms with Crippen LogP contribution in [0.4, 0.5) is 21.9 Å². The second-order valence-electron chi connectivity index (χ2n) is 9.55. The molecule has 0 atom stereocenters. The van der Waals surface area contributed by atoms with Crippen LogP contribution in [-0.4, -0.2) is 78.9 Å². The highest BCUT2D eigenvalue weighted by atomic mass is 32.2. The molecule has 0 spiro atoms. The lowest BCUT2D eigenvalue weighted by Crippen LogP contribution is -2.34. The standard InChI is InChI=1S/C27H28N6O12S3/c1-4-47(39,40)12-11-33(3)27(37)28-22-14-19(48(41,42)43)15-23(24(22)34)30-32-25(17-7-5-16(2)6-8-17)31-29-21-13-18(46-45-44-38)9-10-20(21)26(35)36/h4-10,13-15,30,34,38H,1,11-12H2,2-3H3,(H,28,37)(H,35,36)(H,41,42,43). The van der Waals surface area contributed by atoms with Gasteiger partial charge in [-0.05, 0) is 37.3 Å². The monoisotopic (exact) mass is 724 g/mol. The predicted molar refractivity (Wildman–Crippen MR) is 173 cm³/mol. The Balaban J connectivity index is 2.05. The van der Waals surface area contributed by atoms with Gasteiger partial charge in [0.05, 0.1) is 33.9 Å². The van der Waals surface area contributed by atoms with E-state index < -0.39 is 59.7 Å². The number of aryl methyl sites for hydroxylation is 1. The smallest absolute Gasteiger partial charge is 0.337 e. The first-order valence-corrected chi connectivity index (χ1v) is 17.0. The number of aromatic hydroxyl groups is 1. The molecule has 3 aromatic carbocycles. The number of hydrogen-bond acceptors (Lipinski definition) is 14. The molecule has 2 amide bonds. The van der Waals surface area contributed by atoms with Gasteiger partial charge >= 0.3 is 12.0 Å². The highest BCUT2D eigenvalue weighted by Gasteiger charge is 2.21. The highest BCUT2D eigenvalue weighted by Crippen LogP contribution is 2.36. The Bertz CT molecular complexity index is 1970. The van der Waals surface area contributed by atoms with E-state index in [9.17, 15) is 41.2 Å². The van der Waals surface area contributed by atoms with Crippen LogP contribution in [0.3, 0.4) is 0 Å². The summed E-state index contributed by atoms with van der Waals surface area (Å²) in [6, 6.07) is 11.0. The first-order chi connectivity index (χ1) is 22.5. The molecule has 0 aromatic heterocycles. The zero-order valence-electron chi connectivity index (χ0n) is 25.0. The average molecular weight is 725 g/mol. The number of phenols is 1. The predicted octanol–water partition coefficient (Wildman–Crippen LogP) is 4.65. The summed E-state index contributed by atoms with van der Waals surface area (Å²) >= 11 is 0.541. The van der Waals surface area contributed by atoms with Crippen molar-refractivity contribution in [2.75, 3.05) is 30.1 Å². The molecule has 0 radical (unpaired) electrons. The van der Waals surface area contributed by atoms with Gasteiger partial charge in [-0.25, -0.2) is 23.3 Å².